The zero-order valence-electron chi connectivity index (χ0n) is 15.2. The molecule has 9 heteroatoms. The summed E-state index contributed by atoms with van der Waals surface area (Å²) >= 11 is 0. The van der Waals surface area contributed by atoms with Crippen molar-refractivity contribution in [2.45, 2.75) is 6.92 Å². The van der Waals surface area contributed by atoms with Crippen molar-refractivity contribution in [1.82, 2.24) is 0 Å². The van der Waals surface area contributed by atoms with Gasteiger partial charge in [0.25, 0.3) is 0 Å². The largest absolute Gasteiger partial charge is 0.492 e. The lowest BCUT2D eigenvalue weighted by atomic mass is 10.0. The molecule has 0 radical (unpaired) electrons. The fourth-order valence-corrected chi connectivity index (χ4v) is 3.18. The number of furan rings is 1. The predicted octanol–water partition coefficient (Wildman–Crippen LogP) is 3.75. The van der Waals surface area contributed by atoms with Gasteiger partial charge in [-0.3, -0.25) is 0 Å². The van der Waals surface area contributed by atoms with Crippen LogP contribution in [0.15, 0.2) is 40.8 Å². The number of sulfone groups is 1. The number of ether oxygens (including phenoxy) is 1. The maximum atomic E-state index is 13.2. The highest BCUT2D eigenvalue weighted by Gasteiger charge is 2.24. The van der Waals surface area contributed by atoms with E-state index < -0.39 is 21.6 Å². The Morgan fingerprint density at radius 1 is 1.25 bits per heavy atom. The molecule has 2 N–H and O–H groups in total. The van der Waals surface area contributed by atoms with Gasteiger partial charge in [-0.15, -0.1) is 0 Å². The summed E-state index contributed by atoms with van der Waals surface area (Å²) in [5, 5.41) is 12.8. The monoisotopic (exact) mass is 407 g/mol. The molecule has 1 aromatic heterocycles. The lowest BCUT2D eigenvalue weighted by molar-refractivity contribution is 0.0699. The van der Waals surface area contributed by atoms with Crippen LogP contribution in [0.5, 0.6) is 5.75 Å². The highest BCUT2D eigenvalue weighted by atomic mass is 32.2. The van der Waals surface area contributed by atoms with Crippen LogP contribution in [0.3, 0.4) is 0 Å². The van der Waals surface area contributed by atoms with Crippen molar-refractivity contribution >= 4 is 32.5 Å². The topological polar surface area (TPSA) is 106 Å². The first-order valence-electron chi connectivity index (χ1n) is 8.33. The van der Waals surface area contributed by atoms with Gasteiger partial charge in [-0.25, -0.2) is 17.6 Å². The fraction of sp³-hybridized carbons (Fsp3) is 0.211. The van der Waals surface area contributed by atoms with E-state index in [1.807, 2.05) is 0 Å². The molecule has 0 fully saturated rings. The number of carbonyl (C=O) groups is 1. The zero-order chi connectivity index (χ0) is 20.5. The summed E-state index contributed by atoms with van der Waals surface area (Å²) in [6.45, 7) is 2.05. The molecule has 0 aliphatic rings. The van der Waals surface area contributed by atoms with Crippen molar-refractivity contribution in [3.63, 3.8) is 0 Å². The molecule has 0 bridgehead atoms. The van der Waals surface area contributed by atoms with E-state index in [4.69, 9.17) is 9.15 Å². The van der Waals surface area contributed by atoms with Crippen LogP contribution in [-0.4, -0.2) is 38.2 Å². The molecule has 2 aromatic carbocycles. The minimum absolute atomic E-state index is 0.0743. The second kappa shape index (κ2) is 7.51. The molecule has 7 nitrogen and oxygen atoms in total. The maximum absolute atomic E-state index is 13.2. The number of halogens is 1. The van der Waals surface area contributed by atoms with Gasteiger partial charge in [0.05, 0.1) is 12.3 Å². The lowest BCUT2D eigenvalue weighted by Gasteiger charge is -2.12. The average molecular weight is 407 g/mol. The van der Waals surface area contributed by atoms with E-state index >= 15 is 0 Å². The third kappa shape index (κ3) is 4.09. The second-order valence-corrected chi connectivity index (χ2v) is 8.28. The molecule has 0 unspecified atom stereocenters. The number of aromatic carboxylic acids is 1. The third-order valence-electron chi connectivity index (χ3n) is 3.94. The minimum atomic E-state index is -3.30. The number of hydrogen-bond donors (Lipinski definition) is 2. The predicted molar refractivity (Wildman–Crippen MR) is 103 cm³/mol. The van der Waals surface area contributed by atoms with Gasteiger partial charge in [0.1, 0.15) is 34.4 Å². The van der Waals surface area contributed by atoms with Gasteiger partial charge in [0, 0.05) is 23.3 Å². The summed E-state index contributed by atoms with van der Waals surface area (Å²) in [5.41, 5.74) is 0.906. The van der Waals surface area contributed by atoms with Gasteiger partial charge in [-0.1, -0.05) is 0 Å². The molecule has 0 amide bonds. The molecule has 0 aliphatic carbocycles. The van der Waals surface area contributed by atoms with Crippen molar-refractivity contribution in [3.8, 4) is 17.1 Å². The Morgan fingerprint density at radius 2 is 1.93 bits per heavy atom. The van der Waals surface area contributed by atoms with Crippen molar-refractivity contribution in [2.24, 2.45) is 0 Å². The molecular formula is C19H18FNO6S. The van der Waals surface area contributed by atoms with Gasteiger partial charge in [-0.05, 0) is 37.3 Å². The van der Waals surface area contributed by atoms with Crippen LogP contribution in [-0.2, 0) is 9.84 Å². The van der Waals surface area contributed by atoms with E-state index in [2.05, 4.69) is 5.32 Å². The van der Waals surface area contributed by atoms with Crippen LogP contribution < -0.4 is 10.1 Å². The molecule has 0 saturated heterocycles. The van der Waals surface area contributed by atoms with Gasteiger partial charge in [0.15, 0.2) is 9.84 Å². The Hall–Kier alpha value is -3.07. The van der Waals surface area contributed by atoms with E-state index in [-0.39, 0.29) is 22.8 Å². The van der Waals surface area contributed by atoms with Crippen LogP contribution in [0.4, 0.5) is 10.1 Å². The van der Waals surface area contributed by atoms with Gasteiger partial charge in [0.2, 0.25) is 0 Å². The third-order valence-corrected chi connectivity index (χ3v) is 4.60. The summed E-state index contributed by atoms with van der Waals surface area (Å²) in [5.74, 6) is -1.62. The number of carboxylic acids is 1. The highest BCUT2D eigenvalue weighted by molar-refractivity contribution is 7.90. The molecule has 0 aliphatic heterocycles. The summed E-state index contributed by atoms with van der Waals surface area (Å²) in [6, 6.07) is 8.24. The maximum Gasteiger partial charge on any atom is 0.340 e. The summed E-state index contributed by atoms with van der Waals surface area (Å²) < 4.78 is 47.4. The average Bonchev–Trinajstić information content (AvgIpc) is 2.98. The number of hydrogen-bond acceptors (Lipinski definition) is 6. The van der Waals surface area contributed by atoms with Gasteiger partial charge in [-0.2, -0.15) is 0 Å². The Labute approximate surface area is 160 Å². The van der Waals surface area contributed by atoms with Crippen molar-refractivity contribution < 1.29 is 31.9 Å². The molecule has 0 atom stereocenters. The molecule has 28 heavy (non-hydrogen) atoms. The van der Waals surface area contributed by atoms with Gasteiger partial charge >= 0.3 is 5.97 Å². The first-order valence-corrected chi connectivity index (χ1v) is 10.4. The van der Waals surface area contributed by atoms with E-state index in [0.29, 0.717) is 29.0 Å². The van der Waals surface area contributed by atoms with Crippen LogP contribution in [0.1, 0.15) is 17.3 Å². The van der Waals surface area contributed by atoms with Crippen LogP contribution in [0.2, 0.25) is 0 Å². The molecule has 0 spiro atoms. The van der Waals surface area contributed by atoms with E-state index in [1.165, 1.54) is 36.4 Å². The minimum Gasteiger partial charge on any atom is -0.492 e. The smallest absolute Gasteiger partial charge is 0.340 e. The fourth-order valence-electron chi connectivity index (χ4n) is 2.76. The molecule has 0 saturated carbocycles. The Balaban J connectivity index is 2.20. The SMILES string of the molecule is CCOc1cc2c(C(=O)O)c(-c3ccc(F)cc3)oc2cc1NCS(C)(=O)=O. The van der Waals surface area contributed by atoms with Crippen LogP contribution >= 0.6 is 0 Å². The van der Waals surface area contributed by atoms with E-state index in [9.17, 15) is 22.7 Å². The van der Waals surface area contributed by atoms with E-state index in [0.717, 1.165) is 6.26 Å². The molecular weight excluding hydrogens is 389 g/mol. The highest BCUT2D eigenvalue weighted by Crippen LogP contribution is 2.39. The molecule has 3 rings (SSSR count). The summed E-state index contributed by atoms with van der Waals surface area (Å²) in [4.78, 5) is 11.9. The Kier molecular flexibility index (Phi) is 5.28. The van der Waals surface area contributed by atoms with Crippen LogP contribution in [0, 0.1) is 5.82 Å². The number of benzene rings is 2. The second-order valence-electron chi connectivity index (χ2n) is 6.14. The Morgan fingerprint density at radius 3 is 2.50 bits per heavy atom. The van der Waals surface area contributed by atoms with Crippen molar-refractivity contribution in [2.75, 3.05) is 24.1 Å². The number of fused-ring (bicyclic) bond motifs is 1. The quantitative estimate of drug-likeness (QED) is 0.614. The first kappa shape index (κ1) is 19.7. The number of carboxylic acid groups (broad SMARTS) is 1. The molecule has 3 aromatic rings. The Bertz CT molecular complexity index is 1140. The van der Waals surface area contributed by atoms with Crippen molar-refractivity contribution in [1.29, 1.82) is 0 Å². The molecule has 148 valence electrons. The normalized spacial score (nSPS) is 11.5. The van der Waals surface area contributed by atoms with Crippen molar-refractivity contribution in [3.05, 3.63) is 47.8 Å². The number of nitrogens with one attached hydrogen (secondary N) is 1. The summed E-state index contributed by atoms with van der Waals surface area (Å²) in [6.07, 6.45) is 1.08. The van der Waals surface area contributed by atoms with E-state index in [1.54, 1.807) is 6.92 Å². The number of anilines is 1. The van der Waals surface area contributed by atoms with Gasteiger partial charge < -0.3 is 19.6 Å². The van der Waals surface area contributed by atoms with Crippen LogP contribution in [0.25, 0.3) is 22.3 Å². The lowest BCUT2D eigenvalue weighted by Crippen LogP contribution is -2.13. The molecule has 1 heterocycles. The standard InChI is InChI=1S/C19H18FNO6S/c1-3-26-16-8-13-15(9-14(16)21-10-28(2,24)25)27-18(17(13)19(22)23)11-4-6-12(20)7-5-11/h4-9,21H,3,10H2,1-2H3,(H,22,23). The zero-order valence-corrected chi connectivity index (χ0v) is 16.0. The summed E-state index contributed by atoms with van der Waals surface area (Å²) in [7, 11) is -3.30. The number of rotatable bonds is 7. The first-order chi connectivity index (χ1) is 13.2.